The molecule has 5 heterocycles. The Labute approximate surface area is 391 Å². The number of pyridine rings is 1. The molecular formula is C56H40N7OPt-3. The van der Waals surface area contributed by atoms with Gasteiger partial charge in [-0.3, -0.25) is 0 Å². The largest absolute Gasteiger partial charge is 0.509 e. The molecule has 0 saturated carbocycles. The molecule has 0 spiro atoms. The summed E-state index contributed by atoms with van der Waals surface area (Å²) in [7, 11) is 0. The van der Waals surface area contributed by atoms with Crippen molar-refractivity contribution in [3.63, 3.8) is 0 Å². The monoisotopic (exact) mass is 1020 g/mol. The van der Waals surface area contributed by atoms with Crippen molar-refractivity contribution in [1.29, 1.82) is 0 Å². The minimum atomic E-state index is -0.0574. The zero-order chi connectivity index (χ0) is 42.9. The molecule has 0 atom stereocenters. The van der Waals surface area contributed by atoms with Gasteiger partial charge in [0, 0.05) is 84.7 Å². The van der Waals surface area contributed by atoms with Gasteiger partial charge in [0.05, 0.1) is 0 Å². The van der Waals surface area contributed by atoms with Crippen molar-refractivity contribution in [3.05, 3.63) is 207 Å². The van der Waals surface area contributed by atoms with Crippen molar-refractivity contribution in [3.8, 4) is 45.3 Å². The molecule has 1 aliphatic rings. The molecule has 0 fully saturated rings. The summed E-state index contributed by atoms with van der Waals surface area (Å²) in [6.07, 6.45) is 5.38. The fourth-order valence-electron chi connectivity index (χ4n) is 9.17. The molecule has 318 valence electrons. The number of nitrogens with zero attached hydrogens (tertiary/aromatic N) is 7. The van der Waals surface area contributed by atoms with Crippen molar-refractivity contribution in [2.45, 2.75) is 26.2 Å². The summed E-state index contributed by atoms with van der Waals surface area (Å²) < 4.78 is 11.4. The minimum Gasteiger partial charge on any atom is -0.509 e. The summed E-state index contributed by atoms with van der Waals surface area (Å²) >= 11 is 0. The van der Waals surface area contributed by atoms with Crippen LogP contribution >= 0.6 is 0 Å². The number of hydrogen-bond acceptors (Lipinski definition) is 6. The smallest absolute Gasteiger partial charge is 0.145 e. The van der Waals surface area contributed by atoms with Crippen molar-refractivity contribution in [1.82, 2.24) is 24.1 Å². The average Bonchev–Trinajstić information content (AvgIpc) is 4.00. The Bertz CT molecular complexity index is 3450. The van der Waals surface area contributed by atoms with Crippen LogP contribution in [0.3, 0.4) is 0 Å². The first kappa shape index (κ1) is 40.2. The molecule has 65 heavy (non-hydrogen) atoms. The standard InChI is InChI=1S/C56H40N7O.Pt/c1-56(2,3)39-28-29-57-50(32-39)63-47-27-15-26-46-51(47)52-48(62(46)40-20-11-6-12-21-40)34-43(35-49(52)63)64-42-23-13-22-41(33-42)60-36-61(55-54(60)58-30-31-59-55)53-44(37-16-7-4-8-17-37)24-14-25-45(53)38-18-9-5-10-19-38;/h4-32,34,36H,1-3H3;/q-3;. The predicted octanol–water partition coefficient (Wildman–Crippen LogP) is 13.8. The van der Waals surface area contributed by atoms with Gasteiger partial charge in [-0.25, -0.2) is 15.0 Å². The van der Waals surface area contributed by atoms with E-state index in [9.17, 15) is 0 Å². The summed E-state index contributed by atoms with van der Waals surface area (Å²) in [6, 6.07) is 64.0. The molecule has 11 aromatic rings. The Morgan fingerprint density at radius 2 is 1.14 bits per heavy atom. The summed E-state index contributed by atoms with van der Waals surface area (Å²) in [5.74, 6) is 3.32. The third-order valence-corrected chi connectivity index (χ3v) is 12.1. The topological polar surface area (TPSA) is 64.2 Å². The van der Waals surface area contributed by atoms with E-state index >= 15 is 0 Å². The Morgan fingerprint density at radius 1 is 0.523 bits per heavy atom. The number of ether oxygens (including phenoxy) is 1. The molecule has 0 N–H and O–H groups in total. The van der Waals surface area contributed by atoms with E-state index in [1.165, 1.54) is 5.56 Å². The molecule has 0 radical (unpaired) electrons. The van der Waals surface area contributed by atoms with E-state index in [1.54, 1.807) is 12.4 Å². The zero-order valence-electron chi connectivity index (χ0n) is 35.8. The number of benzene rings is 7. The first-order valence-electron chi connectivity index (χ1n) is 21.4. The maximum atomic E-state index is 6.86. The van der Waals surface area contributed by atoms with Crippen LogP contribution in [0.1, 0.15) is 26.3 Å². The van der Waals surface area contributed by atoms with Gasteiger partial charge in [-0.2, -0.15) is 6.07 Å². The molecule has 0 bridgehead atoms. The van der Waals surface area contributed by atoms with Crippen LogP contribution in [0.2, 0.25) is 0 Å². The molecule has 9 heteroatoms. The van der Waals surface area contributed by atoms with E-state index in [-0.39, 0.29) is 26.5 Å². The molecule has 0 saturated heterocycles. The molecule has 8 nitrogen and oxygen atoms in total. The molecule has 0 unspecified atom stereocenters. The summed E-state index contributed by atoms with van der Waals surface area (Å²) in [5.41, 5.74) is 12.4. The number of aromatic nitrogens is 5. The van der Waals surface area contributed by atoms with Crippen LogP contribution in [0.25, 0.3) is 66.6 Å². The van der Waals surface area contributed by atoms with Crippen LogP contribution in [0.15, 0.2) is 182 Å². The van der Waals surface area contributed by atoms with Crippen molar-refractivity contribution in [2.24, 2.45) is 0 Å². The fourth-order valence-corrected chi connectivity index (χ4v) is 9.17. The van der Waals surface area contributed by atoms with E-state index in [0.717, 1.165) is 78.0 Å². The molecule has 7 aromatic carbocycles. The number of fused-ring (bicyclic) bond motifs is 1. The number of rotatable bonds is 8. The predicted molar refractivity (Wildman–Crippen MR) is 257 cm³/mol. The minimum absolute atomic E-state index is 0. The first-order valence-corrected chi connectivity index (χ1v) is 21.4. The van der Waals surface area contributed by atoms with Gasteiger partial charge < -0.3 is 23.7 Å². The van der Waals surface area contributed by atoms with E-state index in [0.29, 0.717) is 23.1 Å². The van der Waals surface area contributed by atoms with Gasteiger partial charge in [-0.05, 0) is 69.4 Å². The summed E-state index contributed by atoms with van der Waals surface area (Å²) in [5, 5.41) is 2.27. The second kappa shape index (κ2) is 15.9. The fraction of sp³-hybridized carbons (Fsp3) is 0.0714. The molecule has 1 aliphatic heterocycles. The average molecular weight is 1020 g/mol. The van der Waals surface area contributed by atoms with Gasteiger partial charge in [0.15, 0.2) is 0 Å². The maximum Gasteiger partial charge on any atom is 0.145 e. The van der Waals surface area contributed by atoms with E-state index < -0.39 is 0 Å². The van der Waals surface area contributed by atoms with Gasteiger partial charge >= 0.3 is 0 Å². The molecule has 0 amide bonds. The van der Waals surface area contributed by atoms with E-state index in [1.807, 2.05) is 47.5 Å². The van der Waals surface area contributed by atoms with Gasteiger partial charge in [0.1, 0.15) is 17.5 Å². The Morgan fingerprint density at radius 3 is 1.82 bits per heavy atom. The third kappa shape index (κ3) is 6.75. The Balaban J connectivity index is 0.00000469. The molecule has 4 aromatic heterocycles. The molecular weight excluding hydrogens is 982 g/mol. The van der Waals surface area contributed by atoms with Gasteiger partial charge in [-0.15, -0.1) is 37.0 Å². The van der Waals surface area contributed by atoms with E-state index in [4.69, 9.17) is 19.7 Å². The number of para-hydroxylation sites is 2. The van der Waals surface area contributed by atoms with Crippen LogP contribution in [-0.2, 0) is 26.5 Å². The normalized spacial score (nSPS) is 12.6. The van der Waals surface area contributed by atoms with Crippen LogP contribution in [-0.4, -0.2) is 24.1 Å². The zero-order valence-corrected chi connectivity index (χ0v) is 38.0. The second-order valence-electron chi connectivity index (χ2n) is 17.1. The van der Waals surface area contributed by atoms with Crippen LogP contribution in [0, 0.1) is 18.8 Å². The van der Waals surface area contributed by atoms with Crippen molar-refractivity contribution in [2.75, 3.05) is 9.80 Å². The van der Waals surface area contributed by atoms with Crippen LogP contribution < -0.4 is 14.5 Å². The van der Waals surface area contributed by atoms with E-state index in [2.05, 4.69) is 181 Å². The van der Waals surface area contributed by atoms with Crippen molar-refractivity contribution < 1.29 is 25.8 Å². The maximum absolute atomic E-state index is 6.86. The van der Waals surface area contributed by atoms with Crippen LogP contribution in [0.5, 0.6) is 11.5 Å². The Kier molecular flexibility index (Phi) is 9.85. The molecule has 12 rings (SSSR count). The second-order valence-corrected chi connectivity index (χ2v) is 17.1. The first-order chi connectivity index (χ1) is 31.4. The van der Waals surface area contributed by atoms with Gasteiger partial charge in [0.2, 0.25) is 0 Å². The Hall–Kier alpha value is -7.54. The SMILES string of the molecule is CC(C)(C)c1ccnc(-n2c3[c-]c(Oc4[c-]c(N5[CH-]N(c6c(-c7ccccc7)cccc6-c6ccccc6)c6nccnc65)ccc4)cc4c3c3c2cccc3n4-c2ccccc2)c1.[Pt]. The molecule has 0 aliphatic carbocycles. The van der Waals surface area contributed by atoms with Gasteiger partial charge in [0.25, 0.3) is 0 Å². The number of hydrogen-bond donors (Lipinski definition) is 0. The summed E-state index contributed by atoms with van der Waals surface area (Å²) in [4.78, 5) is 18.9. The third-order valence-electron chi connectivity index (χ3n) is 12.1. The quantitative estimate of drug-likeness (QED) is 0.141. The van der Waals surface area contributed by atoms with Crippen molar-refractivity contribution >= 4 is 55.8 Å². The van der Waals surface area contributed by atoms with Crippen LogP contribution in [0.4, 0.5) is 23.0 Å². The summed E-state index contributed by atoms with van der Waals surface area (Å²) in [6.45, 7) is 8.74. The van der Waals surface area contributed by atoms with Gasteiger partial charge in [-0.1, -0.05) is 140 Å². The number of anilines is 4.